The molecule has 0 spiro atoms. The molecule has 6 heteroatoms. The third-order valence-electron chi connectivity index (χ3n) is 5.68. The Morgan fingerprint density at radius 3 is 2.53 bits per heavy atom. The second-order valence-electron chi connectivity index (χ2n) is 7.91. The number of fused-ring (bicyclic) bond motifs is 1. The highest BCUT2D eigenvalue weighted by Gasteiger charge is 2.36. The molecule has 2 heterocycles. The van der Waals surface area contributed by atoms with E-state index in [1.807, 2.05) is 26.0 Å². The lowest BCUT2D eigenvalue weighted by Gasteiger charge is -2.37. The predicted molar refractivity (Wildman–Crippen MR) is 117 cm³/mol. The molecule has 0 radical (unpaired) electrons. The number of sulfonamides is 1. The van der Waals surface area contributed by atoms with E-state index in [2.05, 4.69) is 4.98 Å². The topological polar surface area (TPSA) is 50.3 Å². The molecule has 1 unspecified atom stereocenters. The average Bonchev–Trinajstić information content (AvgIpc) is 2.73. The third-order valence-corrected chi connectivity index (χ3v) is 7.56. The molecular formula is C24H25FN2O2S. The summed E-state index contributed by atoms with van der Waals surface area (Å²) in [5.41, 5.74) is 3.90. The molecule has 3 aromatic rings. The monoisotopic (exact) mass is 424 g/mol. The van der Waals surface area contributed by atoms with Crippen molar-refractivity contribution in [2.45, 2.75) is 50.5 Å². The van der Waals surface area contributed by atoms with Gasteiger partial charge in [0, 0.05) is 12.2 Å². The molecule has 0 amide bonds. The molecule has 0 saturated heterocycles. The van der Waals surface area contributed by atoms with E-state index in [1.165, 1.54) is 10.4 Å². The molecule has 4 nitrogen and oxygen atoms in total. The third kappa shape index (κ3) is 3.97. The number of hydrogen-bond donors (Lipinski definition) is 0. The second-order valence-corrected chi connectivity index (χ2v) is 9.72. The Balaban J connectivity index is 1.69. The van der Waals surface area contributed by atoms with Gasteiger partial charge in [0.25, 0.3) is 10.0 Å². The number of aryl methyl sites for hydroxylation is 4. The van der Waals surface area contributed by atoms with Crippen LogP contribution < -0.4 is 4.31 Å². The molecule has 0 N–H and O–H groups in total. The van der Waals surface area contributed by atoms with E-state index < -0.39 is 10.0 Å². The van der Waals surface area contributed by atoms with E-state index in [9.17, 15) is 12.8 Å². The molecule has 0 bridgehead atoms. The van der Waals surface area contributed by atoms with Crippen LogP contribution in [0.15, 0.2) is 65.7 Å². The lowest BCUT2D eigenvalue weighted by Crippen LogP contribution is -2.44. The van der Waals surface area contributed by atoms with E-state index >= 15 is 0 Å². The van der Waals surface area contributed by atoms with Crippen LogP contribution in [0.2, 0.25) is 0 Å². The van der Waals surface area contributed by atoms with E-state index in [0.717, 1.165) is 16.8 Å². The fraction of sp³-hybridized carbons (Fsp3) is 0.292. The van der Waals surface area contributed by atoms with Crippen LogP contribution in [-0.4, -0.2) is 19.4 Å². The van der Waals surface area contributed by atoms with Crippen molar-refractivity contribution in [2.75, 3.05) is 4.31 Å². The van der Waals surface area contributed by atoms with Crippen LogP contribution in [0.4, 0.5) is 10.1 Å². The van der Waals surface area contributed by atoms with Crippen LogP contribution in [0.1, 0.15) is 35.2 Å². The first-order valence-corrected chi connectivity index (χ1v) is 11.6. The first-order valence-electron chi connectivity index (χ1n) is 10.2. The summed E-state index contributed by atoms with van der Waals surface area (Å²) in [6.45, 7) is 3.78. The minimum absolute atomic E-state index is 0.235. The predicted octanol–water partition coefficient (Wildman–Crippen LogP) is 4.98. The number of pyridine rings is 1. The van der Waals surface area contributed by atoms with Gasteiger partial charge >= 0.3 is 0 Å². The highest BCUT2D eigenvalue weighted by Crippen LogP contribution is 2.36. The molecule has 1 atom stereocenters. The van der Waals surface area contributed by atoms with Gasteiger partial charge in [-0.2, -0.15) is 0 Å². The van der Waals surface area contributed by atoms with Crippen molar-refractivity contribution < 1.29 is 12.8 Å². The number of hydrogen-bond acceptors (Lipinski definition) is 3. The number of nitrogens with zero attached hydrogens (tertiary/aromatic N) is 2. The maximum atomic E-state index is 14.3. The SMILES string of the molecule is Cc1ccc(S(=O)(=O)N2c3cccnc3CCC2CCc2ccc(C)cc2F)cc1. The van der Waals surface area contributed by atoms with Crippen LogP contribution in [-0.2, 0) is 22.9 Å². The van der Waals surface area contributed by atoms with Gasteiger partial charge in [0.1, 0.15) is 5.82 Å². The molecule has 0 aliphatic carbocycles. The van der Waals surface area contributed by atoms with Crippen LogP contribution in [0.25, 0.3) is 0 Å². The van der Waals surface area contributed by atoms with Crippen LogP contribution in [0.5, 0.6) is 0 Å². The molecule has 1 aliphatic heterocycles. The Hall–Kier alpha value is -2.73. The summed E-state index contributed by atoms with van der Waals surface area (Å²) in [4.78, 5) is 4.66. The van der Waals surface area contributed by atoms with Gasteiger partial charge in [-0.3, -0.25) is 9.29 Å². The number of anilines is 1. The fourth-order valence-electron chi connectivity index (χ4n) is 4.03. The largest absolute Gasteiger partial charge is 0.264 e. The van der Waals surface area contributed by atoms with Crippen molar-refractivity contribution in [3.8, 4) is 0 Å². The van der Waals surface area contributed by atoms with Gasteiger partial charge in [0.05, 0.1) is 16.3 Å². The molecule has 30 heavy (non-hydrogen) atoms. The summed E-state index contributed by atoms with van der Waals surface area (Å²) in [6, 6.07) is 15.4. The van der Waals surface area contributed by atoms with E-state index in [-0.39, 0.29) is 16.8 Å². The summed E-state index contributed by atoms with van der Waals surface area (Å²) >= 11 is 0. The van der Waals surface area contributed by atoms with Crippen molar-refractivity contribution >= 4 is 15.7 Å². The molecule has 2 aromatic carbocycles. The maximum Gasteiger partial charge on any atom is 0.264 e. The minimum Gasteiger partial charge on any atom is -0.261 e. The molecule has 0 fully saturated rings. The van der Waals surface area contributed by atoms with Crippen molar-refractivity contribution in [2.24, 2.45) is 0 Å². The number of rotatable bonds is 5. The van der Waals surface area contributed by atoms with E-state index in [1.54, 1.807) is 42.6 Å². The summed E-state index contributed by atoms with van der Waals surface area (Å²) in [5.74, 6) is -0.235. The molecular weight excluding hydrogens is 399 g/mol. The van der Waals surface area contributed by atoms with Crippen LogP contribution in [0.3, 0.4) is 0 Å². The van der Waals surface area contributed by atoms with Crippen molar-refractivity contribution in [1.82, 2.24) is 4.98 Å². The normalized spacial score (nSPS) is 16.4. The second kappa shape index (κ2) is 8.19. The van der Waals surface area contributed by atoms with Gasteiger partial charge in [-0.1, -0.05) is 29.8 Å². The Bertz CT molecular complexity index is 1160. The molecule has 156 valence electrons. The molecule has 0 saturated carbocycles. The Morgan fingerprint density at radius 1 is 1.07 bits per heavy atom. The van der Waals surface area contributed by atoms with Crippen LogP contribution >= 0.6 is 0 Å². The highest BCUT2D eigenvalue weighted by atomic mass is 32.2. The number of aromatic nitrogens is 1. The van der Waals surface area contributed by atoms with Gasteiger partial charge in [-0.25, -0.2) is 12.8 Å². The average molecular weight is 425 g/mol. The van der Waals surface area contributed by atoms with Crippen molar-refractivity contribution in [3.05, 3.63) is 89.0 Å². The quantitative estimate of drug-likeness (QED) is 0.580. The van der Waals surface area contributed by atoms with Crippen LogP contribution in [0, 0.1) is 19.7 Å². The summed E-state index contributed by atoms with van der Waals surface area (Å²) in [7, 11) is -3.76. The standard InChI is InChI=1S/C24H25FN2O2S/c1-17-6-12-21(13-7-17)30(28,29)27-20(11-14-23-24(27)4-3-15-26-23)10-9-19-8-5-18(2)16-22(19)25/h3-8,12-13,15-16,20H,9-11,14H2,1-2H3. The molecule has 1 aromatic heterocycles. The van der Waals surface area contributed by atoms with E-state index in [4.69, 9.17) is 0 Å². The zero-order valence-electron chi connectivity index (χ0n) is 17.2. The minimum atomic E-state index is -3.76. The Kier molecular flexibility index (Phi) is 5.60. The van der Waals surface area contributed by atoms with Gasteiger partial charge in [-0.15, -0.1) is 0 Å². The zero-order valence-corrected chi connectivity index (χ0v) is 18.0. The zero-order chi connectivity index (χ0) is 21.3. The fourth-order valence-corrected chi connectivity index (χ4v) is 5.76. The summed E-state index contributed by atoms with van der Waals surface area (Å²) in [6.07, 6.45) is 4.07. The van der Waals surface area contributed by atoms with E-state index in [0.29, 0.717) is 36.9 Å². The Morgan fingerprint density at radius 2 is 1.80 bits per heavy atom. The molecule has 1 aliphatic rings. The van der Waals surface area contributed by atoms with Gasteiger partial charge < -0.3 is 0 Å². The van der Waals surface area contributed by atoms with Gasteiger partial charge in [0.2, 0.25) is 0 Å². The lowest BCUT2D eigenvalue weighted by atomic mass is 9.96. The maximum absolute atomic E-state index is 14.3. The van der Waals surface area contributed by atoms with Gasteiger partial charge in [0.15, 0.2) is 0 Å². The Labute approximate surface area is 177 Å². The smallest absolute Gasteiger partial charge is 0.261 e. The van der Waals surface area contributed by atoms with Crippen molar-refractivity contribution in [1.29, 1.82) is 0 Å². The number of benzene rings is 2. The summed E-state index contributed by atoms with van der Waals surface area (Å²) in [5, 5.41) is 0. The lowest BCUT2D eigenvalue weighted by molar-refractivity contribution is 0.513. The molecule has 4 rings (SSSR count). The highest BCUT2D eigenvalue weighted by molar-refractivity contribution is 7.92. The van der Waals surface area contributed by atoms with Crippen molar-refractivity contribution in [3.63, 3.8) is 0 Å². The first-order chi connectivity index (χ1) is 14.4. The number of halogens is 1. The first kappa shape index (κ1) is 20.5. The summed E-state index contributed by atoms with van der Waals surface area (Å²) < 4.78 is 43.1. The van der Waals surface area contributed by atoms with Gasteiger partial charge in [-0.05, 0) is 81.0 Å².